The predicted octanol–water partition coefficient (Wildman–Crippen LogP) is 2.77. The number of benzene rings is 1. The number of imidazole rings is 1. The van der Waals surface area contributed by atoms with E-state index in [1.807, 2.05) is 13.1 Å². The molecule has 0 spiro atoms. The molecule has 0 aliphatic carbocycles. The van der Waals surface area contributed by atoms with Crippen molar-refractivity contribution in [1.82, 2.24) is 9.55 Å². The quantitative estimate of drug-likeness (QED) is 0.656. The van der Waals surface area contributed by atoms with Crippen LogP contribution in [0, 0.1) is 10.1 Å². The number of nitro groups is 1. The van der Waals surface area contributed by atoms with Crippen LogP contribution in [0.15, 0.2) is 30.7 Å². The summed E-state index contributed by atoms with van der Waals surface area (Å²) < 4.78 is 1.80. The highest BCUT2D eigenvalue weighted by molar-refractivity contribution is 6.30. The first-order valence-corrected chi connectivity index (χ1v) is 7.06. The third-order valence-corrected chi connectivity index (χ3v) is 3.51. The molecule has 0 saturated heterocycles. The van der Waals surface area contributed by atoms with Crippen molar-refractivity contribution < 1.29 is 4.92 Å². The Morgan fingerprint density at radius 1 is 1.52 bits per heavy atom. The molecule has 0 fully saturated rings. The molecule has 7 heteroatoms. The number of hydrogen-bond donors (Lipinski definition) is 1. The maximum absolute atomic E-state index is 11.0. The highest BCUT2D eigenvalue weighted by atomic mass is 35.5. The summed E-state index contributed by atoms with van der Waals surface area (Å²) in [5.41, 5.74) is 7.39. The average molecular weight is 309 g/mol. The van der Waals surface area contributed by atoms with E-state index in [2.05, 4.69) is 4.98 Å². The molecule has 0 saturated carbocycles. The Kier molecular flexibility index (Phi) is 4.93. The van der Waals surface area contributed by atoms with Gasteiger partial charge in [0.15, 0.2) is 0 Å². The maximum atomic E-state index is 11.0. The lowest BCUT2D eigenvalue weighted by Gasteiger charge is -2.06. The molecule has 2 rings (SSSR count). The van der Waals surface area contributed by atoms with Gasteiger partial charge >= 0.3 is 0 Å². The van der Waals surface area contributed by atoms with Crippen molar-refractivity contribution in [3.05, 3.63) is 57.1 Å². The molecule has 21 heavy (non-hydrogen) atoms. The first kappa shape index (κ1) is 15.5. The molecule has 0 aliphatic heterocycles. The summed E-state index contributed by atoms with van der Waals surface area (Å²) >= 11 is 5.92. The fourth-order valence-corrected chi connectivity index (χ4v) is 2.26. The van der Waals surface area contributed by atoms with Gasteiger partial charge in [0, 0.05) is 29.7 Å². The first-order valence-electron chi connectivity index (χ1n) is 6.68. The normalized spacial score (nSPS) is 12.3. The van der Waals surface area contributed by atoms with Crippen LogP contribution >= 0.6 is 11.6 Å². The van der Waals surface area contributed by atoms with Crippen molar-refractivity contribution in [2.24, 2.45) is 5.73 Å². The second-order valence-corrected chi connectivity index (χ2v) is 5.38. The Labute approximate surface area is 127 Å². The Morgan fingerprint density at radius 2 is 2.29 bits per heavy atom. The third kappa shape index (κ3) is 4.03. The van der Waals surface area contributed by atoms with E-state index in [1.54, 1.807) is 17.0 Å². The Hall–Kier alpha value is -1.92. The van der Waals surface area contributed by atoms with Crippen LogP contribution in [0.25, 0.3) is 0 Å². The molecule has 0 radical (unpaired) electrons. The van der Waals surface area contributed by atoms with E-state index in [0.717, 1.165) is 12.1 Å². The Balaban J connectivity index is 2.18. The van der Waals surface area contributed by atoms with Crippen molar-refractivity contribution >= 4 is 17.3 Å². The Bertz CT molecular complexity index is 642. The molecule has 0 bridgehead atoms. The van der Waals surface area contributed by atoms with E-state index in [0.29, 0.717) is 23.6 Å². The van der Waals surface area contributed by atoms with Gasteiger partial charge < -0.3 is 10.3 Å². The number of hydrogen-bond acceptors (Lipinski definition) is 4. The van der Waals surface area contributed by atoms with E-state index in [9.17, 15) is 10.1 Å². The zero-order valence-electron chi connectivity index (χ0n) is 11.7. The van der Waals surface area contributed by atoms with Crippen LogP contribution in [0.1, 0.15) is 24.6 Å². The van der Waals surface area contributed by atoms with Crippen molar-refractivity contribution in [1.29, 1.82) is 0 Å². The summed E-state index contributed by atoms with van der Waals surface area (Å²) in [5.74, 6) is 0. The molecule has 1 aromatic carbocycles. The maximum Gasteiger partial charge on any atom is 0.274 e. The van der Waals surface area contributed by atoms with Gasteiger partial charge in [0.05, 0.1) is 29.1 Å². The minimum atomic E-state index is -0.406. The number of nitrogens with zero attached hydrogens (tertiary/aromatic N) is 3. The van der Waals surface area contributed by atoms with Crippen LogP contribution in [0.5, 0.6) is 0 Å². The highest BCUT2D eigenvalue weighted by Crippen LogP contribution is 2.23. The smallest absolute Gasteiger partial charge is 0.274 e. The van der Waals surface area contributed by atoms with Crippen LogP contribution in [0.3, 0.4) is 0 Å². The van der Waals surface area contributed by atoms with Gasteiger partial charge in [-0.3, -0.25) is 10.1 Å². The zero-order valence-corrected chi connectivity index (χ0v) is 12.5. The first-order chi connectivity index (χ1) is 9.99. The second kappa shape index (κ2) is 6.69. The van der Waals surface area contributed by atoms with E-state index in [4.69, 9.17) is 17.3 Å². The minimum Gasteiger partial charge on any atom is -0.333 e. The van der Waals surface area contributed by atoms with Gasteiger partial charge in [0.25, 0.3) is 5.69 Å². The number of rotatable bonds is 6. The molecule has 2 aromatic rings. The molecule has 1 heterocycles. The SMILES string of the molecule is CCC(N)Cc1cn(Cc2cc(Cl)ccc2[N+](=O)[O-])cn1. The van der Waals surface area contributed by atoms with Crippen molar-refractivity contribution in [3.63, 3.8) is 0 Å². The molecule has 2 N–H and O–H groups in total. The van der Waals surface area contributed by atoms with Crippen molar-refractivity contribution in [2.75, 3.05) is 0 Å². The van der Waals surface area contributed by atoms with Gasteiger partial charge in [-0.15, -0.1) is 0 Å². The lowest BCUT2D eigenvalue weighted by molar-refractivity contribution is -0.385. The van der Waals surface area contributed by atoms with Crippen LogP contribution in [-0.4, -0.2) is 20.5 Å². The molecule has 6 nitrogen and oxygen atoms in total. The van der Waals surface area contributed by atoms with Gasteiger partial charge in [-0.05, 0) is 18.6 Å². The van der Waals surface area contributed by atoms with E-state index < -0.39 is 4.92 Å². The molecular formula is C14H17ClN4O2. The van der Waals surface area contributed by atoms with Gasteiger partial charge in [0.1, 0.15) is 0 Å². The summed E-state index contributed by atoms with van der Waals surface area (Å²) in [6.45, 7) is 2.38. The highest BCUT2D eigenvalue weighted by Gasteiger charge is 2.14. The molecule has 0 amide bonds. The monoisotopic (exact) mass is 308 g/mol. The number of halogens is 1. The predicted molar refractivity (Wildman–Crippen MR) is 81.4 cm³/mol. The molecule has 1 unspecified atom stereocenters. The largest absolute Gasteiger partial charge is 0.333 e. The van der Waals surface area contributed by atoms with E-state index in [1.165, 1.54) is 12.1 Å². The summed E-state index contributed by atoms with van der Waals surface area (Å²) in [6.07, 6.45) is 5.09. The van der Waals surface area contributed by atoms with Crippen LogP contribution in [0.2, 0.25) is 5.02 Å². The van der Waals surface area contributed by atoms with Crippen LogP contribution < -0.4 is 5.73 Å². The molecule has 0 aliphatic rings. The fourth-order valence-electron chi connectivity index (χ4n) is 2.07. The number of aromatic nitrogens is 2. The summed E-state index contributed by atoms with van der Waals surface area (Å²) in [5, 5.41) is 11.5. The molecular weight excluding hydrogens is 292 g/mol. The van der Waals surface area contributed by atoms with Gasteiger partial charge in [0.2, 0.25) is 0 Å². The van der Waals surface area contributed by atoms with Gasteiger partial charge in [-0.1, -0.05) is 18.5 Å². The number of nitro benzene ring substituents is 1. The average Bonchev–Trinajstić information content (AvgIpc) is 2.85. The summed E-state index contributed by atoms with van der Waals surface area (Å²) in [4.78, 5) is 14.9. The molecule has 1 aromatic heterocycles. The van der Waals surface area contributed by atoms with Crippen molar-refractivity contribution in [2.45, 2.75) is 32.4 Å². The van der Waals surface area contributed by atoms with Gasteiger partial charge in [-0.25, -0.2) is 4.98 Å². The fraction of sp³-hybridized carbons (Fsp3) is 0.357. The van der Waals surface area contributed by atoms with Crippen molar-refractivity contribution in [3.8, 4) is 0 Å². The number of nitrogens with two attached hydrogens (primary N) is 1. The third-order valence-electron chi connectivity index (χ3n) is 3.27. The lowest BCUT2D eigenvalue weighted by Crippen LogP contribution is -2.21. The zero-order chi connectivity index (χ0) is 15.4. The van der Waals surface area contributed by atoms with Gasteiger partial charge in [-0.2, -0.15) is 0 Å². The minimum absolute atomic E-state index is 0.0555. The topological polar surface area (TPSA) is 87.0 Å². The second-order valence-electron chi connectivity index (χ2n) is 4.94. The summed E-state index contributed by atoms with van der Waals surface area (Å²) in [7, 11) is 0. The standard InChI is InChI=1S/C14H17ClN4O2/c1-2-12(16)6-13-8-18(9-17-13)7-10-5-11(15)3-4-14(10)19(20)21/h3-5,8-9,12H,2,6-7,16H2,1H3. The van der Waals surface area contributed by atoms with Crippen LogP contribution in [-0.2, 0) is 13.0 Å². The summed E-state index contributed by atoms with van der Waals surface area (Å²) in [6, 6.07) is 4.62. The lowest BCUT2D eigenvalue weighted by atomic mass is 10.1. The van der Waals surface area contributed by atoms with E-state index >= 15 is 0 Å². The van der Waals surface area contributed by atoms with E-state index in [-0.39, 0.29) is 11.7 Å². The molecule has 112 valence electrons. The van der Waals surface area contributed by atoms with Crippen LogP contribution in [0.4, 0.5) is 5.69 Å². The Morgan fingerprint density at radius 3 is 2.95 bits per heavy atom. The molecule has 1 atom stereocenters.